The summed E-state index contributed by atoms with van der Waals surface area (Å²) in [5.41, 5.74) is 1.51. The number of hydrogen-bond acceptors (Lipinski definition) is 5. The van der Waals surface area contributed by atoms with E-state index < -0.39 is 5.63 Å². The lowest BCUT2D eigenvalue weighted by Crippen LogP contribution is -2.20. The van der Waals surface area contributed by atoms with Gasteiger partial charge in [-0.05, 0) is 55.3 Å². The average molecular weight is 381 g/mol. The zero-order chi connectivity index (χ0) is 19.9. The number of hydrogen-bond donors (Lipinski definition) is 1. The topological polar surface area (TPSA) is 77.8 Å². The fourth-order valence-electron chi connectivity index (χ4n) is 2.71. The molecule has 146 valence electrons. The van der Waals surface area contributed by atoms with Gasteiger partial charge in [0.2, 0.25) is 0 Å². The zero-order valence-electron chi connectivity index (χ0n) is 16.0. The minimum Gasteiger partial charge on any atom is -0.494 e. The number of carbonyl (C=O) groups excluding carboxylic acids is 1. The number of carbonyl (C=O) groups is 1. The molecule has 0 aliphatic carbocycles. The van der Waals surface area contributed by atoms with Gasteiger partial charge in [0.1, 0.15) is 17.1 Å². The van der Waals surface area contributed by atoms with E-state index in [9.17, 15) is 9.59 Å². The van der Waals surface area contributed by atoms with Crippen LogP contribution >= 0.6 is 0 Å². The highest BCUT2D eigenvalue weighted by atomic mass is 16.5. The predicted octanol–water partition coefficient (Wildman–Crippen LogP) is 4.30. The van der Waals surface area contributed by atoms with Crippen LogP contribution in [-0.2, 0) is 4.79 Å². The maximum Gasteiger partial charge on any atom is 0.336 e. The maximum atomic E-state index is 12.1. The van der Waals surface area contributed by atoms with E-state index in [4.69, 9.17) is 13.9 Å². The van der Waals surface area contributed by atoms with Gasteiger partial charge in [0, 0.05) is 23.2 Å². The molecule has 0 bridgehead atoms. The fraction of sp³-hybridized carbons (Fsp3) is 0.273. The number of fused-ring (bicyclic) bond motifs is 1. The first-order chi connectivity index (χ1) is 13.5. The summed E-state index contributed by atoms with van der Waals surface area (Å²) >= 11 is 0. The van der Waals surface area contributed by atoms with Crippen molar-refractivity contribution in [3.05, 3.63) is 64.5 Å². The molecule has 0 aliphatic heterocycles. The molecule has 1 N–H and O–H groups in total. The Hall–Kier alpha value is -3.28. The Labute approximate surface area is 163 Å². The summed E-state index contributed by atoms with van der Waals surface area (Å²) in [6.45, 7) is 4.48. The standard InChI is InChI=1S/C22H23NO5/c1-3-4-11-26-17-7-5-16(6-8-17)23-21(24)14-27-18-9-10-19-15(2)12-22(25)28-20(19)13-18/h5-10,12-13H,3-4,11,14H2,1-2H3,(H,23,24). The molecule has 3 rings (SSSR count). The third-order valence-corrected chi connectivity index (χ3v) is 4.20. The first kappa shape index (κ1) is 19.5. The molecule has 0 spiro atoms. The molecular weight excluding hydrogens is 358 g/mol. The first-order valence-corrected chi connectivity index (χ1v) is 9.25. The summed E-state index contributed by atoms with van der Waals surface area (Å²) < 4.78 is 16.3. The highest BCUT2D eigenvalue weighted by Gasteiger charge is 2.07. The molecule has 0 radical (unpaired) electrons. The van der Waals surface area contributed by atoms with Crippen molar-refractivity contribution in [2.75, 3.05) is 18.5 Å². The molecule has 1 amide bonds. The molecule has 1 heterocycles. The lowest BCUT2D eigenvalue weighted by molar-refractivity contribution is -0.118. The summed E-state index contributed by atoms with van der Waals surface area (Å²) in [4.78, 5) is 23.6. The monoisotopic (exact) mass is 381 g/mol. The second-order valence-corrected chi connectivity index (χ2v) is 6.47. The molecule has 3 aromatic rings. The smallest absolute Gasteiger partial charge is 0.336 e. The zero-order valence-corrected chi connectivity index (χ0v) is 16.0. The van der Waals surface area contributed by atoms with E-state index in [2.05, 4.69) is 12.2 Å². The van der Waals surface area contributed by atoms with Crippen LogP contribution in [0.2, 0.25) is 0 Å². The molecule has 0 atom stereocenters. The van der Waals surface area contributed by atoms with E-state index in [-0.39, 0.29) is 12.5 Å². The molecule has 6 nitrogen and oxygen atoms in total. The van der Waals surface area contributed by atoms with Crippen LogP contribution in [0.3, 0.4) is 0 Å². The first-order valence-electron chi connectivity index (χ1n) is 9.25. The Morgan fingerprint density at radius 1 is 1.04 bits per heavy atom. The number of rotatable bonds is 8. The van der Waals surface area contributed by atoms with Crippen molar-refractivity contribution in [3.8, 4) is 11.5 Å². The van der Waals surface area contributed by atoms with Gasteiger partial charge in [0.15, 0.2) is 6.61 Å². The summed E-state index contributed by atoms with van der Waals surface area (Å²) in [5, 5.41) is 3.60. The van der Waals surface area contributed by atoms with Crippen molar-refractivity contribution < 1.29 is 18.7 Å². The Morgan fingerprint density at radius 3 is 2.54 bits per heavy atom. The van der Waals surface area contributed by atoms with Gasteiger partial charge < -0.3 is 19.2 Å². The van der Waals surface area contributed by atoms with Gasteiger partial charge in [-0.15, -0.1) is 0 Å². The van der Waals surface area contributed by atoms with Crippen molar-refractivity contribution >= 4 is 22.6 Å². The lowest BCUT2D eigenvalue weighted by Gasteiger charge is -2.09. The molecule has 1 aromatic heterocycles. The van der Waals surface area contributed by atoms with Gasteiger partial charge in [0.05, 0.1) is 6.61 Å². The van der Waals surface area contributed by atoms with Crippen LogP contribution in [0.5, 0.6) is 11.5 Å². The number of anilines is 1. The Bertz CT molecular complexity index is 1010. The molecule has 0 saturated carbocycles. The van der Waals surface area contributed by atoms with Crippen LogP contribution in [0, 0.1) is 6.92 Å². The third kappa shape index (κ3) is 5.13. The van der Waals surface area contributed by atoms with Crippen molar-refractivity contribution in [1.29, 1.82) is 0 Å². The highest BCUT2D eigenvalue weighted by Crippen LogP contribution is 2.22. The van der Waals surface area contributed by atoms with Gasteiger partial charge in [0.25, 0.3) is 5.91 Å². The quantitative estimate of drug-likeness (QED) is 0.465. The minimum atomic E-state index is -0.415. The maximum absolute atomic E-state index is 12.1. The Balaban J connectivity index is 1.55. The number of benzene rings is 2. The molecule has 0 fully saturated rings. The van der Waals surface area contributed by atoms with Crippen molar-refractivity contribution in [1.82, 2.24) is 0 Å². The van der Waals surface area contributed by atoms with Gasteiger partial charge in [-0.1, -0.05) is 13.3 Å². The second kappa shape index (κ2) is 9.08. The number of aryl methyl sites for hydroxylation is 1. The highest BCUT2D eigenvalue weighted by molar-refractivity contribution is 5.92. The van der Waals surface area contributed by atoms with Crippen molar-refractivity contribution in [3.63, 3.8) is 0 Å². The van der Waals surface area contributed by atoms with Crippen molar-refractivity contribution in [2.45, 2.75) is 26.7 Å². The van der Waals surface area contributed by atoms with E-state index in [0.717, 1.165) is 29.5 Å². The normalized spacial score (nSPS) is 10.6. The Morgan fingerprint density at radius 2 is 1.79 bits per heavy atom. The SMILES string of the molecule is CCCCOc1ccc(NC(=O)COc2ccc3c(C)cc(=O)oc3c2)cc1. The van der Waals surface area contributed by atoms with Crippen LogP contribution in [0.1, 0.15) is 25.3 Å². The van der Waals surface area contributed by atoms with E-state index in [1.165, 1.54) is 6.07 Å². The second-order valence-electron chi connectivity index (χ2n) is 6.47. The van der Waals surface area contributed by atoms with Crippen LogP contribution in [0.15, 0.2) is 57.7 Å². The molecule has 0 unspecified atom stereocenters. The molecule has 28 heavy (non-hydrogen) atoms. The van der Waals surface area contributed by atoms with Crippen LogP contribution in [0.25, 0.3) is 11.0 Å². The fourth-order valence-corrected chi connectivity index (χ4v) is 2.71. The summed E-state index contributed by atoms with van der Waals surface area (Å²) in [5.74, 6) is 0.942. The van der Waals surface area contributed by atoms with E-state index >= 15 is 0 Å². The van der Waals surface area contributed by atoms with E-state index in [1.54, 1.807) is 30.3 Å². The lowest BCUT2D eigenvalue weighted by atomic mass is 10.1. The third-order valence-electron chi connectivity index (χ3n) is 4.20. The minimum absolute atomic E-state index is 0.156. The summed E-state index contributed by atoms with van der Waals surface area (Å²) in [7, 11) is 0. The molecule has 0 saturated heterocycles. The molecular formula is C22H23NO5. The largest absolute Gasteiger partial charge is 0.494 e. The molecule has 6 heteroatoms. The van der Waals surface area contributed by atoms with Crippen LogP contribution in [-0.4, -0.2) is 19.1 Å². The number of unbranched alkanes of at least 4 members (excludes halogenated alkanes) is 1. The van der Waals surface area contributed by atoms with Gasteiger partial charge >= 0.3 is 5.63 Å². The van der Waals surface area contributed by atoms with Gasteiger partial charge in [-0.2, -0.15) is 0 Å². The number of ether oxygens (including phenoxy) is 2. The predicted molar refractivity (Wildman–Crippen MR) is 108 cm³/mol. The van der Waals surface area contributed by atoms with Crippen LogP contribution < -0.4 is 20.4 Å². The number of amides is 1. The summed E-state index contributed by atoms with van der Waals surface area (Å²) in [6, 6.07) is 13.8. The van der Waals surface area contributed by atoms with Crippen molar-refractivity contribution in [2.24, 2.45) is 0 Å². The number of nitrogens with one attached hydrogen (secondary N) is 1. The summed E-state index contributed by atoms with van der Waals surface area (Å²) in [6.07, 6.45) is 2.09. The van der Waals surface area contributed by atoms with Gasteiger partial charge in [-0.25, -0.2) is 4.79 Å². The Kier molecular flexibility index (Phi) is 6.32. The molecule has 2 aromatic carbocycles. The van der Waals surface area contributed by atoms with E-state index in [0.29, 0.717) is 23.6 Å². The van der Waals surface area contributed by atoms with Crippen LogP contribution in [0.4, 0.5) is 5.69 Å². The van der Waals surface area contributed by atoms with Gasteiger partial charge in [-0.3, -0.25) is 4.79 Å². The molecule has 0 aliphatic rings. The van der Waals surface area contributed by atoms with E-state index in [1.807, 2.05) is 19.1 Å². The average Bonchev–Trinajstić information content (AvgIpc) is 2.67.